The van der Waals surface area contributed by atoms with Gasteiger partial charge in [0.2, 0.25) is 11.9 Å². The molecule has 0 aliphatic heterocycles. The van der Waals surface area contributed by atoms with Gasteiger partial charge >= 0.3 is 6.03 Å². The van der Waals surface area contributed by atoms with E-state index < -0.39 is 29.3 Å². The smallest absolute Gasteiger partial charge is 0.243 e. The number of rotatable bonds is 1. The first-order valence-corrected chi connectivity index (χ1v) is 8.28. The van der Waals surface area contributed by atoms with Gasteiger partial charge in [0.05, 0.1) is 12.4 Å². The molecule has 2 heterocycles. The summed E-state index contributed by atoms with van der Waals surface area (Å²) in [5.74, 6) is 0. The van der Waals surface area contributed by atoms with Crippen LogP contribution in [0.1, 0.15) is 11.4 Å². The van der Waals surface area contributed by atoms with E-state index in [9.17, 15) is 4.79 Å². The van der Waals surface area contributed by atoms with Crippen LogP contribution in [0.5, 0.6) is 0 Å². The fourth-order valence-corrected chi connectivity index (χ4v) is 2.45. The molecule has 0 saturated carbocycles. The summed E-state index contributed by atoms with van der Waals surface area (Å²) in [6, 6.07) is -0.879. The Morgan fingerprint density at radius 3 is 2.04 bits per heavy atom. The Balaban J connectivity index is 2.67. The Hall–Kier alpha value is 0.270. The lowest BCUT2D eigenvalue weighted by Crippen LogP contribution is -2.33. The molecule has 7 nitrogen and oxygen atoms in total. The second-order valence-corrected chi connectivity index (χ2v) is 9.79. The monoisotopic (exact) mass is 478 g/mol. The van der Waals surface area contributed by atoms with Crippen LogP contribution < -0.4 is 0 Å². The van der Waals surface area contributed by atoms with E-state index in [0.29, 0.717) is 4.68 Å². The normalized spacial score (nSPS) is 13.4. The van der Waals surface area contributed by atoms with Crippen molar-refractivity contribution < 1.29 is 4.79 Å². The maximum atomic E-state index is 12.3. The standard InChI is InChI=1S/C8H2Cl8N6O/c9-6(10,8(14,15)16)3-4(7(11,12)13)22(20-18-3)5(23)21-2-1-17-19-21/h1-2H. The fourth-order valence-electron chi connectivity index (χ4n) is 1.42. The number of aromatic nitrogens is 6. The molecular weight excluding hydrogens is 480 g/mol. The minimum atomic E-state index is -2.27. The molecule has 0 saturated heterocycles. The fraction of sp³-hybridized carbons (Fsp3) is 0.375. The van der Waals surface area contributed by atoms with Crippen molar-refractivity contribution in [3.8, 4) is 0 Å². The number of carbonyl (C=O) groups excluding carboxylic acids is 1. The van der Waals surface area contributed by atoms with E-state index in [1.165, 1.54) is 12.4 Å². The van der Waals surface area contributed by atoms with Crippen molar-refractivity contribution >= 4 is 98.8 Å². The minimum Gasteiger partial charge on any atom is -0.243 e. The minimum absolute atomic E-state index is 0.417. The van der Waals surface area contributed by atoms with Crippen LogP contribution in [0.3, 0.4) is 0 Å². The highest BCUT2D eigenvalue weighted by atomic mass is 35.6. The number of carbonyl (C=O) groups is 1. The van der Waals surface area contributed by atoms with Gasteiger partial charge in [-0.15, -0.1) is 10.2 Å². The van der Waals surface area contributed by atoms with E-state index in [4.69, 9.17) is 92.8 Å². The van der Waals surface area contributed by atoms with Gasteiger partial charge in [0.15, 0.2) is 0 Å². The summed E-state index contributed by atoms with van der Waals surface area (Å²) < 4.78 is -5.35. The van der Waals surface area contributed by atoms with Crippen molar-refractivity contribution in [1.82, 2.24) is 30.0 Å². The number of halogens is 8. The summed E-state index contributed by atoms with van der Waals surface area (Å²) >= 11 is 46.8. The molecule has 0 radical (unpaired) electrons. The third kappa shape index (κ3) is 3.77. The molecule has 0 aromatic carbocycles. The Bertz CT molecular complexity index is 714. The van der Waals surface area contributed by atoms with Crippen LogP contribution in [-0.4, -0.2) is 39.8 Å². The molecule has 0 bridgehead atoms. The Kier molecular flexibility index (Phi) is 5.57. The largest absolute Gasteiger partial charge is 0.372 e. The van der Waals surface area contributed by atoms with Crippen LogP contribution in [0.2, 0.25) is 0 Å². The van der Waals surface area contributed by atoms with Crippen molar-refractivity contribution in [2.75, 3.05) is 0 Å². The predicted molar refractivity (Wildman–Crippen MR) is 89.1 cm³/mol. The van der Waals surface area contributed by atoms with E-state index in [0.717, 1.165) is 4.68 Å². The van der Waals surface area contributed by atoms with E-state index in [1.807, 2.05) is 0 Å². The lowest BCUT2D eigenvalue weighted by atomic mass is 10.2. The van der Waals surface area contributed by atoms with Crippen molar-refractivity contribution in [3.63, 3.8) is 0 Å². The topological polar surface area (TPSA) is 78.5 Å². The Morgan fingerprint density at radius 1 is 1.00 bits per heavy atom. The number of hydrogen-bond donors (Lipinski definition) is 0. The van der Waals surface area contributed by atoms with Crippen LogP contribution >= 0.6 is 92.8 Å². The molecule has 2 aromatic rings. The maximum absolute atomic E-state index is 12.3. The van der Waals surface area contributed by atoms with Crippen molar-refractivity contribution in [1.29, 1.82) is 0 Å². The number of alkyl halides is 8. The predicted octanol–water partition coefficient (Wildman–Crippen LogP) is 4.21. The molecule has 23 heavy (non-hydrogen) atoms. The summed E-state index contributed by atoms with van der Waals surface area (Å²) in [5.41, 5.74) is -0.839. The molecule has 15 heteroatoms. The van der Waals surface area contributed by atoms with E-state index >= 15 is 0 Å². The maximum Gasteiger partial charge on any atom is 0.372 e. The highest BCUT2D eigenvalue weighted by molar-refractivity contribution is 6.75. The molecule has 0 unspecified atom stereocenters. The van der Waals surface area contributed by atoms with E-state index in [1.54, 1.807) is 0 Å². The lowest BCUT2D eigenvalue weighted by molar-refractivity contribution is 0.236. The number of nitrogens with zero attached hydrogens (tertiary/aromatic N) is 6. The summed E-state index contributed by atoms with van der Waals surface area (Å²) in [4.78, 5) is 12.3. The molecule has 0 N–H and O–H groups in total. The second-order valence-electron chi connectivity index (χ2n) is 3.90. The highest BCUT2D eigenvalue weighted by Gasteiger charge is 2.54. The van der Waals surface area contributed by atoms with Gasteiger partial charge < -0.3 is 0 Å². The van der Waals surface area contributed by atoms with Gasteiger partial charge in [-0.05, 0) is 0 Å². The first-order chi connectivity index (χ1) is 10.4. The summed E-state index contributed by atoms with van der Waals surface area (Å²) in [6.45, 7) is 0. The molecule has 2 rings (SSSR count). The Morgan fingerprint density at radius 2 is 1.61 bits per heavy atom. The van der Waals surface area contributed by atoms with Crippen LogP contribution in [0, 0.1) is 0 Å². The zero-order chi connectivity index (χ0) is 17.6. The zero-order valence-corrected chi connectivity index (χ0v) is 16.3. The summed E-state index contributed by atoms with van der Waals surface area (Å²) in [6.07, 6.45) is 2.48. The van der Waals surface area contributed by atoms with Crippen LogP contribution in [0.4, 0.5) is 4.79 Å². The lowest BCUT2D eigenvalue weighted by Gasteiger charge is -2.27. The third-order valence-electron chi connectivity index (χ3n) is 2.39. The van der Waals surface area contributed by atoms with Crippen LogP contribution in [-0.2, 0) is 8.13 Å². The van der Waals surface area contributed by atoms with Gasteiger partial charge in [0, 0.05) is 0 Å². The van der Waals surface area contributed by atoms with E-state index in [2.05, 4.69) is 20.6 Å². The second kappa shape index (κ2) is 6.53. The van der Waals surface area contributed by atoms with Gasteiger partial charge in [0.25, 0.3) is 0 Å². The van der Waals surface area contributed by atoms with Gasteiger partial charge in [-0.25, -0.2) is 4.79 Å². The average molecular weight is 482 g/mol. The molecule has 0 aliphatic rings. The van der Waals surface area contributed by atoms with Crippen molar-refractivity contribution in [3.05, 3.63) is 23.8 Å². The van der Waals surface area contributed by atoms with E-state index in [-0.39, 0.29) is 0 Å². The molecule has 0 aliphatic carbocycles. The van der Waals surface area contributed by atoms with Gasteiger partial charge in [-0.2, -0.15) is 9.36 Å². The quantitative estimate of drug-likeness (QED) is 0.570. The van der Waals surface area contributed by atoms with Gasteiger partial charge in [-0.1, -0.05) is 103 Å². The first-order valence-electron chi connectivity index (χ1n) is 5.26. The SMILES string of the molecule is O=C(n1ccnn1)n1nnc(C(Cl)(Cl)C(Cl)(Cl)Cl)c1C(Cl)(Cl)Cl. The van der Waals surface area contributed by atoms with Gasteiger partial charge in [-0.3, -0.25) is 0 Å². The summed E-state index contributed by atoms with van der Waals surface area (Å²) in [5, 5.41) is 14.1. The molecule has 126 valence electrons. The highest BCUT2D eigenvalue weighted by Crippen LogP contribution is 2.55. The molecule has 0 spiro atoms. The van der Waals surface area contributed by atoms with Crippen molar-refractivity contribution in [2.45, 2.75) is 11.9 Å². The molecule has 0 fully saturated rings. The average Bonchev–Trinajstić information content (AvgIpc) is 3.05. The van der Waals surface area contributed by atoms with Crippen LogP contribution in [0.15, 0.2) is 12.4 Å². The van der Waals surface area contributed by atoms with Crippen LogP contribution in [0.25, 0.3) is 0 Å². The third-order valence-corrected chi connectivity index (χ3v) is 5.28. The van der Waals surface area contributed by atoms with Gasteiger partial charge in [0.1, 0.15) is 11.4 Å². The molecular formula is C8H2Cl8N6O. The molecule has 0 atom stereocenters. The van der Waals surface area contributed by atoms with Crippen molar-refractivity contribution in [2.24, 2.45) is 0 Å². The zero-order valence-electron chi connectivity index (χ0n) is 10.3. The summed E-state index contributed by atoms with van der Waals surface area (Å²) in [7, 11) is 0. The molecule has 0 amide bonds. The molecule has 2 aromatic heterocycles. The Labute approximate surface area is 168 Å². The number of hydrogen-bond acceptors (Lipinski definition) is 5. The first kappa shape index (κ1) is 19.6.